The van der Waals surface area contributed by atoms with Gasteiger partial charge in [-0.2, -0.15) is 0 Å². The van der Waals surface area contributed by atoms with Gasteiger partial charge in [0.05, 0.1) is 0 Å². The van der Waals surface area contributed by atoms with E-state index >= 15 is 0 Å². The summed E-state index contributed by atoms with van der Waals surface area (Å²) in [5.41, 5.74) is 6.84. The molecule has 0 radical (unpaired) electrons. The van der Waals surface area contributed by atoms with Crippen molar-refractivity contribution < 1.29 is 9.53 Å². The van der Waals surface area contributed by atoms with Gasteiger partial charge in [-0.3, -0.25) is 0 Å². The monoisotopic (exact) mass is 278 g/mol. The molecule has 2 unspecified atom stereocenters. The first-order chi connectivity index (χ1) is 9.28. The number of rotatable bonds is 5. The third-order valence-electron chi connectivity index (χ3n) is 2.93. The fraction of sp³-hybridized carbons (Fsp3) is 0.562. The molecule has 0 aliphatic heterocycles. The van der Waals surface area contributed by atoms with Crippen LogP contribution in [0, 0.1) is 0 Å². The number of hydrogen-bond donors (Lipinski definition) is 2. The quantitative estimate of drug-likeness (QED) is 0.870. The molecule has 0 heterocycles. The fourth-order valence-corrected chi connectivity index (χ4v) is 1.98. The van der Waals surface area contributed by atoms with Crippen LogP contribution in [0.4, 0.5) is 4.79 Å². The van der Waals surface area contributed by atoms with Gasteiger partial charge < -0.3 is 15.8 Å². The van der Waals surface area contributed by atoms with Crippen molar-refractivity contribution >= 4 is 6.09 Å². The molecule has 4 nitrogen and oxygen atoms in total. The van der Waals surface area contributed by atoms with E-state index in [2.05, 4.69) is 24.4 Å². The number of alkyl carbamates (subject to hydrolysis) is 1. The van der Waals surface area contributed by atoms with Crippen molar-refractivity contribution in [1.29, 1.82) is 0 Å². The molecule has 20 heavy (non-hydrogen) atoms. The van der Waals surface area contributed by atoms with Gasteiger partial charge in [0.2, 0.25) is 0 Å². The zero-order valence-corrected chi connectivity index (χ0v) is 12.8. The summed E-state index contributed by atoms with van der Waals surface area (Å²) in [5, 5.41) is 2.71. The smallest absolute Gasteiger partial charge is 0.407 e. The second kappa shape index (κ2) is 7.29. The molecule has 0 aromatic heterocycles. The molecule has 0 fully saturated rings. The molecule has 4 heteroatoms. The summed E-state index contributed by atoms with van der Waals surface area (Å²) < 4.78 is 5.17. The van der Waals surface area contributed by atoms with Gasteiger partial charge in [0.1, 0.15) is 5.60 Å². The number of carbonyl (C=O) groups is 1. The number of benzene rings is 1. The van der Waals surface area contributed by atoms with Gasteiger partial charge in [0, 0.05) is 12.6 Å². The molecule has 2 atom stereocenters. The van der Waals surface area contributed by atoms with Crippen molar-refractivity contribution in [2.75, 3.05) is 6.54 Å². The summed E-state index contributed by atoms with van der Waals surface area (Å²) in [4.78, 5) is 11.5. The Labute approximate surface area is 121 Å². The first-order valence-corrected chi connectivity index (χ1v) is 7.05. The highest BCUT2D eigenvalue weighted by atomic mass is 16.6. The summed E-state index contributed by atoms with van der Waals surface area (Å²) in [6.07, 6.45) is 0.403. The third kappa shape index (κ3) is 6.57. The van der Waals surface area contributed by atoms with E-state index in [1.807, 2.05) is 39.0 Å². The number of carbonyl (C=O) groups excluding carboxylic acids is 1. The molecule has 1 amide bonds. The normalized spacial score (nSPS) is 14.4. The zero-order chi connectivity index (χ0) is 15.2. The van der Waals surface area contributed by atoms with E-state index in [1.54, 1.807) is 0 Å². The Morgan fingerprint density at radius 3 is 2.45 bits per heavy atom. The Balaban J connectivity index is 2.33. The summed E-state index contributed by atoms with van der Waals surface area (Å²) in [5.74, 6) is 0.367. The lowest BCUT2D eigenvalue weighted by Crippen LogP contribution is -2.40. The predicted octanol–water partition coefficient (Wildman–Crippen LogP) is 3.03. The zero-order valence-electron chi connectivity index (χ0n) is 12.8. The van der Waals surface area contributed by atoms with Crippen LogP contribution in [-0.4, -0.2) is 24.3 Å². The lowest BCUT2D eigenvalue weighted by molar-refractivity contribution is 0.0524. The van der Waals surface area contributed by atoms with Crippen molar-refractivity contribution in [3.8, 4) is 0 Å². The Morgan fingerprint density at radius 2 is 1.90 bits per heavy atom. The summed E-state index contributed by atoms with van der Waals surface area (Å²) >= 11 is 0. The molecule has 0 spiro atoms. The Hall–Kier alpha value is -1.55. The maximum absolute atomic E-state index is 11.5. The first-order valence-electron chi connectivity index (χ1n) is 7.05. The van der Waals surface area contributed by atoms with Crippen LogP contribution >= 0.6 is 0 Å². The van der Waals surface area contributed by atoms with E-state index in [0.717, 1.165) is 6.42 Å². The molecule has 112 valence electrons. The molecule has 1 aromatic rings. The van der Waals surface area contributed by atoms with Crippen molar-refractivity contribution in [3.63, 3.8) is 0 Å². The van der Waals surface area contributed by atoms with Crippen LogP contribution < -0.4 is 11.1 Å². The minimum atomic E-state index is -0.481. The van der Waals surface area contributed by atoms with Crippen molar-refractivity contribution in [1.82, 2.24) is 5.32 Å². The minimum Gasteiger partial charge on any atom is -0.444 e. The molecule has 0 saturated heterocycles. The van der Waals surface area contributed by atoms with Gasteiger partial charge in [-0.1, -0.05) is 37.3 Å². The lowest BCUT2D eigenvalue weighted by Gasteiger charge is -2.22. The van der Waals surface area contributed by atoms with Crippen LogP contribution in [-0.2, 0) is 4.74 Å². The van der Waals surface area contributed by atoms with Crippen molar-refractivity contribution in [2.45, 2.75) is 51.7 Å². The average molecular weight is 278 g/mol. The van der Waals surface area contributed by atoms with Crippen LogP contribution in [0.5, 0.6) is 0 Å². The van der Waals surface area contributed by atoms with Crippen molar-refractivity contribution in [3.05, 3.63) is 35.9 Å². The number of nitrogens with one attached hydrogen (secondary N) is 1. The molecule has 3 N–H and O–H groups in total. The molecule has 1 rings (SSSR count). The average Bonchev–Trinajstić information content (AvgIpc) is 2.35. The van der Waals surface area contributed by atoms with E-state index in [9.17, 15) is 4.79 Å². The number of nitrogens with two attached hydrogens (primary N) is 1. The lowest BCUT2D eigenvalue weighted by atomic mass is 9.94. The summed E-state index contributed by atoms with van der Waals surface area (Å²) in [7, 11) is 0. The maximum Gasteiger partial charge on any atom is 0.407 e. The standard InChI is InChI=1S/C16H26N2O2/c1-12(13-8-6-5-7-9-13)10-14(17)11-18-15(19)20-16(2,3)4/h5-9,12,14H,10-11,17H2,1-4H3,(H,18,19). The molecule has 0 aliphatic carbocycles. The fourth-order valence-electron chi connectivity index (χ4n) is 1.98. The molecule has 1 aromatic carbocycles. The van der Waals surface area contributed by atoms with E-state index in [-0.39, 0.29) is 6.04 Å². The topological polar surface area (TPSA) is 64.3 Å². The van der Waals surface area contributed by atoms with Crippen LogP contribution in [0.3, 0.4) is 0 Å². The second-order valence-corrected chi connectivity index (χ2v) is 6.19. The van der Waals surface area contributed by atoms with Gasteiger partial charge in [-0.15, -0.1) is 0 Å². The predicted molar refractivity (Wildman–Crippen MR) is 81.7 cm³/mol. The summed E-state index contributed by atoms with van der Waals surface area (Å²) in [6, 6.07) is 10.2. The van der Waals surface area contributed by atoms with E-state index in [0.29, 0.717) is 12.5 Å². The second-order valence-electron chi connectivity index (χ2n) is 6.19. The van der Waals surface area contributed by atoms with E-state index in [4.69, 9.17) is 10.5 Å². The van der Waals surface area contributed by atoms with Crippen LogP contribution in [0.25, 0.3) is 0 Å². The van der Waals surface area contributed by atoms with Crippen LogP contribution in [0.15, 0.2) is 30.3 Å². The first kappa shape index (κ1) is 16.5. The minimum absolute atomic E-state index is 0.0854. The summed E-state index contributed by atoms with van der Waals surface area (Å²) in [6.45, 7) is 8.08. The largest absolute Gasteiger partial charge is 0.444 e. The highest BCUT2D eigenvalue weighted by molar-refractivity contribution is 5.67. The Bertz CT molecular complexity index is 412. The van der Waals surface area contributed by atoms with Crippen LogP contribution in [0.1, 0.15) is 45.6 Å². The SMILES string of the molecule is CC(CC(N)CNC(=O)OC(C)(C)C)c1ccccc1. The van der Waals surface area contributed by atoms with Gasteiger partial charge in [-0.25, -0.2) is 4.79 Å². The molecular formula is C16H26N2O2. The molecular weight excluding hydrogens is 252 g/mol. The van der Waals surface area contributed by atoms with Gasteiger partial charge in [0.15, 0.2) is 0 Å². The van der Waals surface area contributed by atoms with Gasteiger partial charge >= 0.3 is 6.09 Å². The number of hydrogen-bond acceptors (Lipinski definition) is 3. The van der Waals surface area contributed by atoms with Gasteiger partial charge in [0.25, 0.3) is 0 Å². The molecule has 0 saturated carbocycles. The third-order valence-corrected chi connectivity index (χ3v) is 2.93. The Kier molecular flexibility index (Phi) is 6.02. The molecule has 0 bridgehead atoms. The van der Waals surface area contributed by atoms with Crippen LogP contribution in [0.2, 0.25) is 0 Å². The van der Waals surface area contributed by atoms with Crippen molar-refractivity contribution in [2.24, 2.45) is 5.73 Å². The highest BCUT2D eigenvalue weighted by Gasteiger charge is 2.17. The number of amides is 1. The van der Waals surface area contributed by atoms with E-state index < -0.39 is 11.7 Å². The van der Waals surface area contributed by atoms with Gasteiger partial charge in [-0.05, 0) is 38.7 Å². The highest BCUT2D eigenvalue weighted by Crippen LogP contribution is 2.19. The Morgan fingerprint density at radius 1 is 1.30 bits per heavy atom. The number of ether oxygens (including phenoxy) is 1. The maximum atomic E-state index is 11.5. The van der Waals surface area contributed by atoms with E-state index in [1.165, 1.54) is 5.56 Å². The molecule has 0 aliphatic rings.